The number of hydrogen-bond acceptors (Lipinski definition) is 5. The van der Waals surface area contributed by atoms with Gasteiger partial charge in [0, 0.05) is 19.7 Å². The van der Waals surface area contributed by atoms with E-state index in [0.29, 0.717) is 11.3 Å². The second kappa shape index (κ2) is 6.61. The van der Waals surface area contributed by atoms with E-state index in [1.54, 1.807) is 26.8 Å². The van der Waals surface area contributed by atoms with Crippen molar-refractivity contribution in [1.82, 2.24) is 0 Å². The third-order valence-electron chi connectivity index (χ3n) is 2.48. The Morgan fingerprint density at radius 2 is 1.95 bits per heavy atom. The molecular weight excluding hydrogens is 258 g/mol. The number of carbonyl (C=O) groups is 1. The summed E-state index contributed by atoms with van der Waals surface area (Å²) in [7, 11) is 3.74. The first kappa shape index (κ1) is 16.3. The quantitative estimate of drug-likeness (QED) is 0.836. The molecule has 1 rings (SSSR count). The highest BCUT2D eigenvalue weighted by molar-refractivity contribution is 5.72. The van der Waals surface area contributed by atoms with Gasteiger partial charge >= 0.3 is 5.97 Å². The number of benzene rings is 1. The van der Waals surface area contributed by atoms with E-state index in [1.807, 2.05) is 31.1 Å². The first-order chi connectivity index (χ1) is 9.24. The largest absolute Gasteiger partial charge is 0.479 e. The molecular formula is C15H23NO4. The van der Waals surface area contributed by atoms with Crippen molar-refractivity contribution in [1.29, 1.82) is 0 Å². The molecule has 20 heavy (non-hydrogen) atoms. The summed E-state index contributed by atoms with van der Waals surface area (Å²) in [6.07, 6.45) is 0. The smallest absolute Gasteiger partial charge is 0.344 e. The molecule has 1 aromatic carbocycles. The Kier molecular flexibility index (Phi) is 5.39. The molecule has 112 valence electrons. The number of rotatable bonds is 5. The van der Waals surface area contributed by atoms with Crippen molar-refractivity contribution in [3.63, 3.8) is 0 Å². The van der Waals surface area contributed by atoms with Gasteiger partial charge in [-0.2, -0.15) is 0 Å². The zero-order valence-electron chi connectivity index (χ0n) is 12.8. The molecule has 0 heterocycles. The van der Waals surface area contributed by atoms with Gasteiger partial charge in [0.15, 0.2) is 6.61 Å². The van der Waals surface area contributed by atoms with E-state index in [1.165, 1.54) is 0 Å². The van der Waals surface area contributed by atoms with Gasteiger partial charge in [-0.05, 0) is 26.8 Å². The van der Waals surface area contributed by atoms with Crippen LogP contribution in [0.15, 0.2) is 18.2 Å². The number of para-hydroxylation sites is 1. The lowest BCUT2D eigenvalue weighted by Gasteiger charge is -2.22. The Bertz CT molecular complexity index is 463. The van der Waals surface area contributed by atoms with Gasteiger partial charge in [-0.25, -0.2) is 4.79 Å². The van der Waals surface area contributed by atoms with Crippen LogP contribution in [0.3, 0.4) is 0 Å². The fourth-order valence-electron chi connectivity index (χ4n) is 1.72. The van der Waals surface area contributed by atoms with Crippen molar-refractivity contribution >= 4 is 11.7 Å². The van der Waals surface area contributed by atoms with Crippen LogP contribution in [0.1, 0.15) is 26.3 Å². The first-order valence-electron chi connectivity index (χ1n) is 6.49. The molecule has 0 aliphatic heterocycles. The molecule has 0 aliphatic carbocycles. The third-order valence-corrected chi connectivity index (χ3v) is 2.48. The number of hydrogen-bond donors (Lipinski definition) is 1. The fourth-order valence-corrected chi connectivity index (χ4v) is 1.72. The monoisotopic (exact) mass is 281 g/mol. The van der Waals surface area contributed by atoms with Gasteiger partial charge in [-0.1, -0.05) is 12.1 Å². The second-order valence-corrected chi connectivity index (χ2v) is 5.69. The maximum atomic E-state index is 11.7. The van der Waals surface area contributed by atoms with Crippen LogP contribution in [0.4, 0.5) is 5.69 Å². The number of anilines is 1. The molecule has 0 bridgehead atoms. The summed E-state index contributed by atoms with van der Waals surface area (Å²) in [6.45, 7) is 5.08. The Labute approximate surface area is 120 Å². The van der Waals surface area contributed by atoms with E-state index in [4.69, 9.17) is 9.47 Å². The van der Waals surface area contributed by atoms with Gasteiger partial charge in [0.2, 0.25) is 0 Å². The van der Waals surface area contributed by atoms with E-state index < -0.39 is 11.6 Å². The van der Waals surface area contributed by atoms with Crippen molar-refractivity contribution in [2.45, 2.75) is 33.0 Å². The summed E-state index contributed by atoms with van der Waals surface area (Å²) < 4.78 is 10.7. The zero-order valence-corrected chi connectivity index (χ0v) is 12.8. The van der Waals surface area contributed by atoms with Crippen molar-refractivity contribution in [3.05, 3.63) is 23.8 Å². The standard InChI is InChI=1S/C15H23NO4/c1-15(2,3)20-13(18)10-19-14-11(9-17)7-6-8-12(14)16(4)5/h6-8,17H,9-10H2,1-5H3. The minimum Gasteiger partial charge on any atom is -0.479 e. The van der Waals surface area contributed by atoms with Crippen molar-refractivity contribution in [2.75, 3.05) is 25.6 Å². The number of ether oxygens (including phenoxy) is 2. The molecule has 0 fully saturated rings. The Morgan fingerprint density at radius 1 is 1.30 bits per heavy atom. The Morgan fingerprint density at radius 3 is 2.45 bits per heavy atom. The summed E-state index contributed by atoms with van der Waals surface area (Å²) in [5.41, 5.74) is 0.904. The molecule has 0 aromatic heterocycles. The van der Waals surface area contributed by atoms with E-state index in [9.17, 15) is 9.90 Å². The lowest BCUT2D eigenvalue weighted by atomic mass is 10.1. The summed E-state index contributed by atoms with van der Waals surface area (Å²) in [5.74, 6) is 0.0702. The predicted molar refractivity (Wildman–Crippen MR) is 78.0 cm³/mol. The average Bonchev–Trinajstić information content (AvgIpc) is 2.33. The topological polar surface area (TPSA) is 59.0 Å². The molecule has 0 radical (unpaired) electrons. The molecule has 5 nitrogen and oxygen atoms in total. The van der Waals surface area contributed by atoms with Crippen LogP contribution in [0, 0.1) is 0 Å². The summed E-state index contributed by atoms with van der Waals surface area (Å²) in [4.78, 5) is 13.6. The number of nitrogens with zero attached hydrogens (tertiary/aromatic N) is 1. The molecule has 0 spiro atoms. The van der Waals surface area contributed by atoms with Crippen LogP contribution in [0.25, 0.3) is 0 Å². The predicted octanol–water partition coefficient (Wildman–Crippen LogP) is 1.97. The lowest BCUT2D eigenvalue weighted by Crippen LogP contribution is -2.27. The van der Waals surface area contributed by atoms with Gasteiger partial charge in [0.1, 0.15) is 11.4 Å². The highest BCUT2D eigenvalue weighted by atomic mass is 16.6. The third kappa shape index (κ3) is 4.74. The molecule has 0 aliphatic rings. The maximum Gasteiger partial charge on any atom is 0.344 e. The molecule has 0 saturated heterocycles. The normalized spacial score (nSPS) is 11.1. The minimum absolute atomic E-state index is 0.147. The highest BCUT2D eigenvalue weighted by Crippen LogP contribution is 2.31. The van der Waals surface area contributed by atoms with E-state index in [0.717, 1.165) is 5.69 Å². The maximum absolute atomic E-state index is 11.7. The SMILES string of the molecule is CN(C)c1cccc(CO)c1OCC(=O)OC(C)(C)C. The van der Waals surface area contributed by atoms with E-state index in [-0.39, 0.29) is 13.2 Å². The van der Waals surface area contributed by atoms with Crippen molar-refractivity contribution < 1.29 is 19.4 Å². The molecule has 1 aromatic rings. The lowest BCUT2D eigenvalue weighted by molar-refractivity contribution is -0.157. The van der Waals surface area contributed by atoms with Crippen LogP contribution in [-0.4, -0.2) is 37.4 Å². The zero-order chi connectivity index (χ0) is 15.3. The number of esters is 1. The van der Waals surface area contributed by atoms with Gasteiger partial charge in [0.05, 0.1) is 12.3 Å². The van der Waals surface area contributed by atoms with Crippen molar-refractivity contribution in [2.24, 2.45) is 0 Å². The van der Waals surface area contributed by atoms with Crippen LogP contribution in [0.5, 0.6) is 5.75 Å². The molecule has 5 heteroatoms. The van der Waals surface area contributed by atoms with Crippen LogP contribution in [-0.2, 0) is 16.1 Å². The van der Waals surface area contributed by atoms with Gasteiger partial charge in [-0.15, -0.1) is 0 Å². The van der Waals surface area contributed by atoms with E-state index in [2.05, 4.69) is 0 Å². The second-order valence-electron chi connectivity index (χ2n) is 5.69. The molecule has 0 saturated carbocycles. The Hall–Kier alpha value is -1.75. The molecule has 0 atom stereocenters. The highest BCUT2D eigenvalue weighted by Gasteiger charge is 2.18. The first-order valence-corrected chi connectivity index (χ1v) is 6.49. The van der Waals surface area contributed by atoms with Crippen LogP contribution >= 0.6 is 0 Å². The number of aliphatic hydroxyl groups excluding tert-OH is 1. The van der Waals surface area contributed by atoms with Crippen LogP contribution in [0.2, 0.25) is 0 Å². The number of carbonyl (C=O) groups excluding carboxylic acids is 1. The summed E-state index contributed by atoms with van der Waals surface area (Å²) in [6, 6.07) is 5.46. The summed E-state index contributed by atoms with van der Waals surface area (Å²) >= 11 is 0. The van der Waals surface area contributed by atoms with Gasteiger partial charge in [-0.3, -0.25) is 0 Å². The summed E-state index contributed by atoms with van der Waals surface area (Å²) in [5, 5.41) is 9.36. The van der Waals surface area contributed by atoms with Crippen LogP contribution < -0.4 is 9.64 Å². The average molecular weight is 281 g/mol. The van der Waals surface area contributed by atoms with Gasteiger partial charge in [0.25, 0.3) is 0 Å². The minimum atomic E-state index is -0.540. The van der Waals surface area contributed by atoms with Crippen molar-refractivity contribution in [3.8, 4) is 5.75 Å². The number of aliphatic hydroxyl groups is 1. The Balaban J connectivity index is 2.83. The van der Waals surface area contributed by atoms with E-state index >= 15 is 0 Å². The van der Waals surface area contributed by atoms with Gasteiger partial charge < -0.3 is 19.5 Å². The molecule has 0 amide bonds. The molecule has 0 unspecified atom stereocenters. The fraction of sp³-hybridized carbons (Fsp3) is 0.533. The molecule has 1 N–H and O–H groups in total.